The topological polar surface area (TPSA) is 15.3 Å². The molecular weight excluding hydrogens is 244 g/mol. The molecule has 1 heterocycles. The van der Waals surface area contributed by atoms with E-state index in [9.17, 15) is 0 Å². The average molecular weight is 266 g/mol. The number of hydrazine groups is 1. The summed E-state index contributed by atoms with van der Waals surface area (Å²) in [5.41, 5.74) is 6.34. The van der Waals surface area contributed by atoms with Crippen LogP contribution in [0.2, 0.25) is 0 Å². The minimum absolute atomic E-state index is 0.0383. The smallest absolute Gasteiger partial charge is 0.0523 e. The van der Waals surface area contributed by atoms with Crippen molar-refractivity contribution in [1.82, 2.24) is 5.43 Å². The van der Waals surface area contributed by atoms with Crippen molar-refractivity contribution in [3.8, 4) is 0 Å². The molecule has 2 aromatic carbocycles. The molecule has 2 atom stereocenters. The van der Waals surface area contributed by atoms with Crippen molar-refractivity contribution in [3.05, 3.63) is 66.2 Å². The van der Waals surface area contributed by atoms with Gasteiger partial charge in [0.15, 0.2) is 0 Å². The molecule has 0 radical (unpaired) electrons. The number of nitrogens with zero attached hydrogens (tertiary/aromatic N) is 1. The van der Waals surface area contributed by atoms with Crippen molar-refractivity contribution < 1.29 is 0 Å². The second-order valence-electron chi connectivity index (χ2n) is 6.17. The second kappa shape index (κ2) is 4.95. The summed E-state index contributed by atoms with van der Waals surface area (Å²) in [4.78, 5) is 0. The van der Waals surface area contributed by atoms with Crippen molar-refractivity contribution in [2.45, 2.75) is 38.3 Å². The molecule has 0 bridgehead atoms. The van der Waals surface area contributed by atoms with Crippen molar-refractivity contribution in [2.24, 2.45) is 0 Å². The Morgan fingerprint density at radius 3 is 2.05 bits per heavy atom. The quantitative estimate of drug-likeness (QED) is 0.885. The van der Waals surface area contributed by atoms with E-state index >= 15 is 0 Å². The molecule has 1 aliphatic rings. The first-order valence-corrected chi connectivity index (χ1v) is 7.26. The van der Waals surface area contributed by atoms with Gasteiger partial charge >= 0.3 is 0 Å². The zero-order chi connectivity index (χ0) is 14.2. The van der Waals surface area contributed by atoms with Gasteiger partial charge in [-0.05, 0) is 38.5 Å². The second-order valence-corrected chi connectivity index (χ2v) is 6.17. The fourth-order valence-corrected chi connectivity index (χ4v) is 3.48. The van der Waals surface area contributed by atoms with Gasteiger partial charge in [-0.3, -0.25) is 0 Å². The van der Waals surface area contributed by atoms with Crippen LogP contribution in [-0.4, -0.2) is 11.6 Å². The van der Waals surface area contributed by atoms with Crippen LogP contribution in [0.3, 0.4) is 0 Å². The highest BCUT2D eigenvalue weighted by molar-refractivity contribution is 5.49. The summed E-state index contributed by atoms with van der Waals surface area (Å²) in [6.07, 6.45) is 0. The van der Waals surface area contributed by atoms with Crippen LogP contribution in [0.5, 0.6) is 0 Å². The van der Waals surface area contributed by atoms with Gasteiger partial charge in [0.05, 0.1) is 11.7 Å². The molecule has 0 aromatic heterocycles. The maximum atomic E-state index is 3.68. The molecule has 2 nitrogen and oxygen atoms in total. The van der Waals surface area contributed by atoms with Crippen molar-refractivity contribution in [3.63, 3.8) is 0 Å². The number of anilines is 1. The zero-order valence-corrected chi connectivity index (χ0v) is 12.4. The monoisotopic (exact) mass is 266 g/mol. The number of benzene rings is 2. The molecule has 20 heavy (non-hydrogen) atoms. The average Bonchev–Trinajstić information content (AvgIpc) is 2.71. The van der Waals surface area contributed by atoms with Crippen LogP contribution >= 0.6 is 0 Å². The summed E-state index contributed by atoms with van der Waals surface area (Å²) in [6, 6.07) is 21.8. The standard InChI is InChI=1S/C18H22N2/c1-14-17(15-10-6-4-7-11-15)18(2,3)19-20(14)16-12-8-5-9-13-16/h4-14,17,19H,1-3H3. The van der Waals surface area contributed by atoms with Gasteiger partial charge in [0.25, 0.3) is 0 Å². The third-order valence-electron chi connectivity index (χ3n) is 4.27. The summed E-state index contributed by atoms with van der Waals surface area (Å²) in [6.45, 7) is 6.86. The van der Waals surface area contributed by atoms with E-state index in [1.54, 1.807) is 0 Å². The minimum atomic E-state index is 0.0383. The fourth-order valence-electron chi connectivity index (χ4n) is 3.48. The third-order valence-corrected chi connectivity index (χ3v) is 4.27. The van der Waals surface area contributed by atoms with Gasteiger partial charge in [-0.2, -0.15) is 0 Å². The largest absolute Gasteiger partial charge is 0.304 e. The molecular formula is C18H22N2. The Balaban J connectivity index is 1.97. The SMILES string of the molecule is CC1C(c2ccccc2)C(C)(C)NN1c1ccccc1. The number of hydrogen-bond acceptors (Lipinski definition) is 2. The highest BCUT2D eigenvalue weighted by Gasteiger charge is 2.45. The molecule has 104 valence electrons. The van der Waals surface area contributed by atoms with E-state index in [-0.39, 0.29) is 5.54 Å². The summed E-state index contributed by atoms with van der Waals surface area (Å²) >= 11 is 0. The van der Waals surface area contributed by atoms with E-state index in [1.165, 1.54) is 11.3 Å². The summed E-state index contributed by atoms with van der Waals surface area (Å²) < 4.78 is 0. The molecule has 2 heteroatoms. The van der Waals surface area contributed by atoms with Crippen molar-refractivity contribution in [1.29, 1.82) is 0 Å². The van der Waals surface area contributed by atoms with E-state index < -0.39 is 0 Å². The van der Waals surface area contributed by atoms with Crippen molar-refractivity contribution in [2.75, 3.05) is 5.01 Å². The van der Waals surface area contributed by atoms with E-state index in [2.05, 4.69) is 91.9 Å². The number of nitrogens with one attached hydrogen (secondary N) is 1. The van der Waals surface area contributed by atoms with E-state index in [0.29, 0.717) is 12.0 Å². The van der Waals surface area contributed by atoms with Crippen LogP contribution in [0.1, 0.15) is 32.3 Å². The normalized spacial score (nSPS) is 24.9. The fraction of sp³-hybridized carbons (Fsp3) is 0.333. The third kappa shape index (κ3) is 2.20. The first kappa shape index (κ1) is 13.2. The predicted octanol–water partition coefficient (Wildman–Crippen LogP) is 3.96. The maximum absolute atomic E-state index is 3.68. The van der Waals surface area contributed by atoms with Crippen LogP contribution in [0.25, 0.3) is 0 Å². The molecule has 1 aliphatic heterocycles. The van der Waals surface area contributed by atoms with Crippen molar-refractivity contribution >= 4 is 5.69 Å². The van der Waals surface area contributed by atoms with Gasteiger partial charge in [-0.25, -0.2) is 5.43 Å². The number of rotatable bonds is 2. The molecule has 0 aliphatic carbocycles. The molecule has 2 unspecified atom stereocenters. The highest BCUT2D eigenvalue weighted by atomic mass is 15.6. The lowest BCUT2D eigenvalue weighted by Crippen LogP contribution is -2.43. The molecule has 1 saturated heterocycles. The van der Waals surface area contributed by atoms with Gasteiger partial charge in [0.1, 0.15) is 0 Å². The first-order valence-electron chi connectivity index (χ1n) is 7.26. The first-order chi connectivity index (χ1) is 9.59. The molecule has 0 amide bonds. The van der Waals surface area contributed by atoms with Gasteiger partial charge in [-0.15, -0.1) is 0 Å². The maximum Gasteiger partial charge on any atom is 0.0523 e. The lowest BCUT2D eigenvalue weighted by Gasteiger charge is -2.27. The zero-order valence-electron chi connectivity index (χ0n) is 12.4. The molecule has 2 aromatic rings. The van der Waals surface area contributed by atoms with Gasteiger partial charge < -0.3 is 5.01 Å². The summed E-state index contributed by atoms with van der Waals surface area (Å²) in [5.74, 6) is 0.462. The lowest BCUT2D eigenvalue weighted by molar-refractivity contribution is 0.401. The number of para-hydroxylation sites is 1. The number of hydrogen-bond donors (Lipinski definition) is 1. The molecule has 1 N–H and O–H groups in total. The molecule has 3 rings (SSSR count). The summed E-state index contributed by atoms with van der Waals surface area (Å²) in [5, 5.41) is 2.30. The molecule has 0 saturated carbocycles. The van der Waals surface area contributed by atoms with E-state index in [1.807, 2.05) is 0 Å². The molecule has 1 fully saturated rings. The molecule has 0 spiro atoms. The van der Waals surface area contributed by atoms with Crippen LogP contribution in [0.4, 0.5) is 5.69 Å². The Hall–Kier alpha value is -1.80. The minimum Gasteiger partial charge on any atom is -0.304 e. The van der Waals surface area contributed by atoms with Crippen LogP contribution < -0.4 is 10.4 Å². The predicted molar refractivity (Wildman–Crippen MR) is 84.8 cm³/mol. The van der Waals surface area contributed by atoms with Gasteiger partial charge in [0.2, 0.25) is 0 Å². The Kier molecular flexibility index (Phi) is 3.27. The van der Waals surface area contributed by atoms with Gasteiger partial charge in [-0.1, -0.05) is 48.5 Å². The van der Waals surface area contributed by atoms with Crippen LogP contribution in [-0.2, 0) is 0 Å². The Morgan fingerprint density at radius 1 is 0.900 bits per heavy atom. The Morgan fingerprint density at radius 2 is 1.45 bits per heavy atom. The lowest BCUT2D eigenvalue weighted by atomic mass is 9.80. The Labute approximate surface area is 121 Å². The van der Waals surface area contributed by atoms with E-state index in [0.717, 1.165) is 0 Å². The van der Waals surface area contributed by atoms with Crippen LogP contribution in [0.15, 0.2) is 60.7 Å². The summed E-state index contributed by atoms with van der Waals surface area (Å²) in [7, 11) is 0. The highest BCUT2D eigenvalue weighted by Crippen LogP contribution is 2.40. The van der Waals surface area contributed by atoms with Crippen LogP contribution in [0, 0.1) is 0 Å². The van der Waals surface area contributed by atoms with E-state index in [4.69, 9.17) is 0 Å². The van der Waals surface area contributed by atoms with Gasteiger partial charge in [0, 0.05) is 11.5 Å². The Bertz CT molecular complexity index is 562.